The van der Waals surface area contributed by atoms with E-state index in [4.69, 9.17) is 5.73 Å². The minimum Gasteiger partial charge on any atom is -0.399 e. The molecule has 4 heteroatoms. The van der Waals surface area contributed by atoms with Gasteiger partial charge in [-0.1, -0.05) is 6.07 Å². The summed E-state index contributed by atoms with van der Waals surface area (Å²) >= 11 is 0. The van der Waals surface area contributed by atoms with E-state index in [1.807, 2.05) is 31.2 Å². The van der Waals surface area contributed by atoms with E-state index in [9.17, 15) is 4.79 Å². The fourth-order valence-electron chi connectivity index (χ4n) is 1.72. The van der Waals surface area contributed by atoms with Gasteiger partial charge in [0.2, 0.25) is 0 Å². The minimum atomic E-state index is -0.0423. The molecule has 1 atom stereocenters. The summed E-state index contributed by atoms with van der Waals surface area (Å²) in [7, 11) is 0. The molecule has 1 aliphatic heterocycles. The van der Waals surface area contributed by atoms with Crippen molar-refractivity contribution in [3.63, 3.8) is 0 Å². The molecule has 0 radical (unpaired) electrons. The number of rotatable bonds is 1. The van der Waals surface area contributed by atoms with Crippen LogP contribution in [0, 0.1) is 0 Å². The summed E-state index contributed by atoms with van der Waals surface area (Å²) in [5.74, 6) is 0. The van der Waals surface area contributed by atoms with E-state index in [0.717, 1.165) is 18.7 Å². The Hall–Kier alpha value is -1.71. The van der Waals surface area contributed by atoms with Crippen molar-refractivity contribution < 1.29 is 4.79 Å². The number of nitrogen functional groups attached to an aromatic ring is 1. The largest absolute Gasteiger partial charge is 0.399 e. The lowest BCUT2D eigenvalue weighted by molar-refractivity contribution is 0.237. The van der Waals surface area contributed by atoms with Crippen LogP contribution in [0.2, 0.25) is 0 Å². The Morgan fingerprint density at radius 1 is 1.53 bits per heavy atom. The summed E-state index contributed by atoms with van der Waals surface area (Å²) in [6, 6.07) is 7.60. The molecule has 1 saturated heterocycles. The Morgan fingerprint density at radius 2 is 2.33 bits per heavy atom. The molecule has 0 aromatic heterocycles. The number of anilines is 2. The third-order valence-corrected chi connectivity index (χ3v) is 2.58. The first kappa shape index (κ1) is 9.83. The number of nitrogens with two attached hydrogens (primary N) is 1. The SMILES string of the molecule is CC1CCN(c2cccc(N)c2)C(=O)N1. The van der Waals surface area contributed by atoms with Crippen LogP contribution in [0.3, 0.4) is 0 Å². The van der Waals surface area contributed by atoms with Gasteiger partial charge in [0.05, 0.1) is 0 Å². The maximum absolute atomic E-state index is 11.7. The highest BCUT2D eigenvalue weighted by Gasteiger charge is 2.23. The summed E-state index contributed by atoms with van der Waals surface area (Å²) in [5, 5.41) is 2.89. The molecule has 0 saturated carbocycles. The lowest BCUT2D eigenvalue weighted by Gasteiger charge is -2.31. The predicted octanol–water partition coefficient (Wildman–Crippen LogP) is 1.58. The molecule has 0 bridgehead atoms. The molecule has 1 heterocycles. The van der Waals surface area contributed by atoms with Crippen LogP contribution in [0.1, 0.15) is 13.3 Å². The second-order valence-corrected chi connectivity index (χ2v) is 3.89. The average Bonchev–Trinajstić information content (AvgIpc) is 2.17. The zero-order valence-electron chi connectivity index (χ0n) is 8.73. The van der Waals surface area contributed by atoms with Gasteiger partial charge in [-0.15, -0.1) is 0 Å². The first-order valence-electron chi connectivity index (χ1n) is 5.10. The standard InChI is InChI=1S/C11H15N3O/c1-8-5-6-14(11(15)13-8)10-4-2-3-9(12)7-10/h2-4,7-8H,5-6,12H2,1H3,(H,13,15). The van der Waals surface area contributed by atoms with Crippen molar-refractivity contribution in [2.75, 3.05) is 17.2 Å². The molecule has 2 rings (SSSR count). The number of urea groups is 1. The number of nitrogens with one attached hydrogen (secondary N) is 1. The van der Waals surface area contributed by atoms with Crippen molar-refractivity contribution in [2.45, 2.75) is 19.4 Å². The first-order valence-corrected chi connectivity index (χ1v) is 5.10. The topological polar surface area (TPSA) is 58.4 Å². The van der Waals surface area contributed by atoms with Gasteiger partial charge in [-0.05, 0) is 31.5 Å². The summed E-state index contributed by atoms with van der Waals surface area (Å²) < 4.78 is 0. The first-order chi connectivity index (χ1) is 7.16. The van der Waals surface area contributed by atoms with Crippen LogP contribution in [0.15, 0.2) is 24.3 Å². The molecular weight excluding hydrogens is 190 g/mol. The number of benzene rings is 1. The van der Waals surface area contributed by atoms with Crippen LogP contribution in [0.4, 0.5) is 16.2 Å². The highest BCUT2D eigenvalue weighted by atomic mass is 16.2. The third kappa shape index (κ3) is 2.03. The summed E-state index contributed by atoms with van der Waals surface area (Å²) in [5.41, 5.74) is 7.22. The molecule has 1 fully saturated rings. The van der Waals surface area contributed by atoms with E-state index < -0.39 is 0 Å². The normalized spacial score (nSPS) is 21.3. The molecule has 80 valence electrons. The second kappa shape index (κ2) is 3.81. The Kier molecular flexibility index (Phi) is 2.49. The van der Waals surface area contributed by atoms with Crippen molar-refractivity contribution in [3.05, 3.63) is 24.3 Å². The quantitative estimate of drug-likeness (QED) is 0.684. The van der Waals surface area contributed by atoms with E-state index in [2.05, 4.69) is 5.32 Å². The fourth-order valence-corrected chi connectivity index (χ4v) is 1.72. The zero-order valence-corrected chi connectivity index (χ0v) is 8.73. The van der Waals surface area contributed by atoms with Crippen LogP contribution < -0.4 is 16.0 Å². The molecule has 1 aromatic carbocycles. The molecule has 3 N–H and O–H groups in total. The summed E-state index contributed by atoms with van der Waals surface area (Å²) in [6.45, 7) is 2.76. The van der Waals surface area contributed by atoms with Crippen molar-refractivity contribution in [1.82, 2.24) is 5.32 Å². The molecule has 0 aliphatic carbocycles. The van der Waals surface area contributed by atoms with E-state index >= 15 is 0 Å². The Morgan fingerprint density at radius 3 is 3.00 bits per heavy atom. The summed E-state index contributed by atoms with van der Waals surface area (Å²) in [4.78, 5) is 13.4. The molecule has 1 aliphatic rings. The van der Waals surface area contributed by atoms with E-state index in [1.165, 1.54) is 0 Å². The van der Waals surface area contributed by atoms with Gasteiger partial charge >= 0.3 is 6.03 Å². The lowest BCUT2D eigenvalue weighted by Crippen LogP contribution is -2.50. The molecule has 1 aromatic rings. The number of amides is 2. The minimum absolute atomic E-state index is 0.0423. The van der Waals surface area contributed by atoms with Crippen LogP contribution >= 0.6 is 0 Å². The van der Waals surface area contributed by atoms with E-state index in [-0.39, 0.29) is 12.1 Å². The number of hydrogen-bond donors (Lipinski definition) is 2. The van der Waals surface area contributed by atoms with Crippen LogP contribution in [0.5, 0.6) is 0 Å². The van der Waals surface area contributed by atoms with Gasteiger partial charge in [-0.2, -0.15) is 0 Å². The average molecular weight is 205 g/mol. The van der Waals surface area contributed by atoms with Gasteiger partial charge in [0.15, 0.2) is 0 Å². The van der Waals surface area contributed by atoms with Crippen molar-refractivity contribution >= 4 is 17.4 Å². The van der Waals surface area contributed by atoms with Crippen molar-refractivity contribution in [2.24, 2.45) is 0 Å². The van der Waals surface area contributed by atoms with Crippen molar-refractivity contribution in [3.8, 4) is 0 Å². The van der Waals surface area contributed by atoms with Crippen LogP contribution in [-0.2, 0) is 0 Å². The van der Waals surface area contributed by atoms with Gasteiger partial charge in [0.25, 0.3) is 0 Å². The van der Waals surface area contributed by atoms with Gasteiger partial charge in [0.1, 0.15) is 0 Å². The number of carbonyl (C=O) groups is 1. The fraction of sp³-hybridized carbons (Fsp3) is 0.364. The van der Waals surface area contributed by atoms with E-state index in [0.29, 0.717) is 5.69 Å². The highest BCUT2D eigenvalue weighted by Crippen LogP contribution is 2.20. The maximum atomic E-state index is 11.7. The maximum Gasteiger partial charge on any atom is 0.322 e. The Balaban J connectivity index is 2.20. The Bertz CT molecular complexity index is 378. The van der Waals surface area contributed by atoms with E-state index in [1.54, 1.807) is 4.90 Å². The number of nitrogens with zero attached hydrogens (tertiary/aromatic N) is 1. The number of carbonyl (C=O) groups excluding carboxylic acids is 1. The van der Waals surface area contributed by atoms with Gasteiger partial charge in [-0.3, -0.25) is 4.90 Å². The van der Waals surface area contributed by atoms with Crippen molar-refractivity contribution in [1.29, 1.82) is 0 Å². The Labute approximate surface area is 89.1 Å². The summed E-state index contributed by atoms with van der Waals surface area (Å²) in [6.07, 6.45) is 0.959. The third-order valence-electron chi connectivity index (χ3n) is 2.58. The molecule has 2 amide bonds. The number of hydrogen-bond acceptors (Lipinski definition) is 2. The smallest absolute Gasteiger partial charge is 0.322 e. The second-order valence-electron chi connectivity index (χ2n) is 3.89. The predicted molar refractivity (Wildman–Crippen MR) is 60.8 cm³/mol. The molecule has 15 heavy (non-hydrogen) atoms. The zero-order chi connectivity index (χ0) is 10.8. The molecule has 0 spiro atoms. The highest BCUT2D eigenvalue weighted by molar-refractivity contribution is 5.93. The van der Waals surface area contributed by atoms with Gasteiger partial charge in [0, 0.05) is 24.0 Å². The molecular formula is C11H15N3O. The molecule has 1 unspecified atom stereocenters. The van der Waals surface area contributed by atoms with Crippen LogP contribution in [0.25, 0.3) is 0 Å². The molecule has 4 nitrogen and oxygen atoms in total. The van der Waals surface area contributed by atoms with Gasteiger partial charge < -0.3 is 11.1 Å². The van der Waals surface area contributed by atoms with Gasteiger partial charge in [-0.25, -0.2) is 4.79 Å². The monoisotopic (exact) mass is 205 g/mol. The lowest BCUT2D eigenvalue weighted by atomic mass is 10.1. The van der Waals surface area contributed by atoms with Crippen LogP contribution in [-0.4, -0.2) is 18.6 Å².